The lowest BCUT2D eigenvalue weighted by Gasteiger charge is -2.21. The number of carboxylic acids is 1. The lowest BCUT2D eigenvalue weighted by molar-refractivity contribution is -0.136. The fourth-order valence-corrected chi connectivity index (χ4v) is 2.16. The van der Waals surface area contributed by atoms with Gasteiger partial charge in [-0.05, 0) is 12.8 Å². The van der Waals surface area contributed by atoms with Gasteiger partial charge in [0, 0.05) is 12.6 Å². The van der Waals surface area contributed by atoms with Crippen LogP contribution < -0.4 is 10.5 Å². The van der Waals surface area contributed by atoms with Crippen LogP contribution >= 0.6 is 0 Å². The van der Waals surface area contributed by atoms with Crippen LogP contribution in [0, 0.1) is 5.92 Å². The molecule has 0 rings (SSSR count). The molecule has 15 heavy (non-hydrogen) atoms. The summed E-state index contributed by atoms with van der Waals surface area (Å²) in [5.41, 5.74) is 5.38. The molecule has 0 amide bonds. The van der Waals surface area contributed by atoms with E-state index in [9.17, 15) is 13.2 Å². The number of nitrogens with two attached hydrogens (primary N) is 1. The number of rotatable bonds is 6. The molecule has 7 heteroatoms. The molecule has 0 aromatic carbocycles. The lowest BCUT2D eigenvalue weighted by atomic mass is 10.1. The Bertz CT molecular complexity index is 313. The van der Waals surface area contributed by atoms with Crippen LogP contribution in [0.5, 0.6) is 0 Å². The molecule has 0 saturated carbocycles. The van der Waals surface area contributed by atoms with Gasteiger partial charge in [0.25, 0.3) is 0 Å². The number of nitrogens with one attached hydrogen (secondary N) is 1. The van der Waals surface area contributed by atoms with Crippen LogP contribution in [0.4, 0.5) is 0 Å². The Morgan fingerprint density at radius 3 is 2.13 bits per heavy atom. The Hall–Kier alpha value is -0.660. The van der Waals surface area contributed by atoms with Crippen molar-refractivity contribution in [2.45, 2.75) is 32.1 Å². The fourth-order valence-electron chi connectivity index (χ4n) is 0.902. The largest absolute Gasteiger partial charge is 0.480 e. The van der Waals surface area contributed by atoms with Crippen molar-refractivity contribution in [3.8, 4) is 0 Å². The lowest BCUT2D eigenvalue weighted by Crippen LogP contribution is -2.48. The maximum Gasteiger partial charge on any atom is 0.323 e. The number of hydrogen-bond acceptors (Lipinski definition) is 4. The first kappa shape index (κ1) is 14.3. The fraction of sp³-hybridized carbons (Fsp3) is 0.875. The maximum absolute atomic E-state index is 11.5. The summed E-state index contributed by atoms with van der Waals surface area (Å²) in [6.07, 6.45) is 0. The molecule has 6 nitrogen and oxygen atoms in total. The van der Waals surface area contributed by atoms with Gasteiger partial charge in [-0.3, -0.25) is 4.79 Å². The second-order valence-corrected chi connectivity index (χ2v) is 5.76. The van der Waals surface area contributed by atoms with Gasteiger partial charge >= 0.3 is 5.97 Å². The van der Waals surface area contributed by atoms with Crippen molar-refractivity contribution in [1.29, 1.82) is 0 Å². The van der Waals surface area contributed by atoms with Gasteiger partial charge in [0.1, 0.15) is 0 Å². The molecule has 0 radical (unpaired) electrons. The molecule has 2 atom stereocenters. The first-order chi connectivity index (χ1) is 6.72. The summed E-state index contributed by atoms with van der Waals surface area (Å²) in [5, 5.41) is 7.12. The van der Waals surface area contributed by atoms with Gasteiger partial charge < -0.3 is 10.8 Å². The molecule has 0 saturated heterocycles. The molecular weight excluding hydrogens is 220 g/mol. The predicted molar refractivity (Wildman–Crippen MR) is 56.8 cm³/mol. The highest BCUT2D eigenvalue weighted by atomic mass is 32.2. The average molecular weight is 238 g/mol. The van der Waals surface area contributed by atoms with Gasteiger partial charge in [-0.15, -0.1) is 0 Å². The van der Waals surface area contributed by atoms with E-state index in [1.165, 1.54) is 0 Å². The number of carbonyl (C=O) groups is 1. The predicted octanol–water partition coefficient (Wildman–Crippen LogP) is -0.638. The van der Waals surface area contributed by atoms with E-state index >= 15 is 0 Å². The first-order valence-electron chi connectivity index (χ1n) is 4.66. The highest BCUT2D eigenvalue weighted by Crippen LogP contribution is 2.05. The zero-order chi connectivity index (χ0) is 12.2. The molecular formula is C8H18N2O4S. The molecule has 90 valence electrons. The minimum atomic E-state index is -3.85. The molecule has 2 unspecified atom stereocenters. The van der Waals surface area contributed by atoms with Gasteiger partial charge in [0.05, 0.1) is 0 Å². The zero-order valence-corrected chi connectivity index (χ0v) is 9.91. The van der Waals surface area contributed by atoms with E-state index in [1.54, 1.807) is 0 Å². The molecule has 0 aliphatic rings. The Morgan fingerprint density at radius 2 is 1.87 bits per heavy atom. The SMILES string of the molecule is CC(C)C(CN)NS(=O)(=O)C(C)C(=O)O. The van der Waals surface area contributed by atoms with Crippen molar-refractivity contribution in [2.24, 2.45) is 11.7 Å². The van der Waals surface area contributed by atoms with Crippen molar-refractivity contribution >= 4 is 16.0 Å². The molecule has 0 fully saturated rings. The Morgan fingerprint density at radius 1 is 1.40 bits per heavy atom. The number of hydrogen-bond donors (Lipinski definition) is 3. The highest BCUT2D eigenvalue weighted by molar-refractivity contribution is 7.90. The summed E-state index contributed by atoms with van der Waals surface area (Å²) < 4.78 is 25.3. The third kappa shape index (κ3) is 4.15. The Kier molecular flexibility index (Phi) is 5.19. The normalized spacial score (nSPS) is 16.3. The second-order valence-electron chi connectivity index (χ2n) is 3.73. The van der Waals surface area contributed by atoms with Crippen LogP contribution in [0.1, 0.15) is 20.8 Å². The average Bonchev–Trinajstić information content (AvgIpc) is 2.12. The standard InChI is InChI=1S/C8H18N2O4S/c1-5(2)7(4-9)10-15(13,14)6(3)8(11)12/h5-7,10H,4,9H2,1-3H3,(H,11,12). The summed E-state index contributed by atoms with van der Waals surface area (Å²) in [6.45, 7) is 4.89. The molecule has 0 aromatic heterocycles. The summed E-state index contributed by atoms with van der Waals surface area (Å²) >= 11 is 0. The summed E-state index contributed by atoms with van der Waals surface area (Å²) in [6, 6.07) is -0.434. The van der Waals surface area contributed by atoms with Crippen LogP contribution in [0.15, 0.2) is 0 Å². The van der Waals surface area contributed by atoms with E-state index in [0.717, 1.165) is 6.92 Å². The van der Waals surface area contributed by atoms with Gasteiger partial charge in [0.2, 0.25) is 10.0 Å². The molecule has 0 aromatic rings. The Balaban J connectivity index is 4.70. The van der Waals surface area contributed by atoms with E-state index in [0.29, 0.717) is 0 Å². The molecule has 0 aliphatic carbocycles. The van der Waals surface area contributed by atoms with E-state index in [-0.39, 0.29) is 12.5 Å². The van der Waals surface area contributed by atoms with Crippen LogP contribution in [-0.2, 0) is 14.8 Å². The van der Waals surface area contributed by atoms with E-state index in [1.807, 2.05) is 13.8 Å². The quantitative estimate of drug-likeness (QED) is 0.570. The number of carboxylic acid groups (broad SMARTS) is 1. The minimum Gasteiger partial charge on any atom is -0.480 e. The molecule has 0 bridgehead atoms. The summed E-state index contributed by atoms with van der Waals surface area (Å²) in [4.78, 5) is 10.5. The minimum absolute atomic E-state index is 0.0192. The van der Waals surface area contributed by atoms with E-state index in [2.05, 4.69) is 4.72 Å². The van der Waals surface area contributed by atoms with Crippen LogP contribution in [-0.4, -0.2) is 37.3 Å². The van der Waals surface area contributed by atoms with Gasteiger partial charge in [-0.1, -0.05) is 13.8 Å². The highest BCUT2D eigenvalue weighted by Gasteiger charge is 2.30. The Labute approximate surface area is 89.9 Å². The van der Waals surface area contributed by atoms with Crippen molar-refractivity contribution in [2.75, 3.05) is 6.54 Å². The maximum atomic E-state index is 11.5. The van der Waals surface area contributed by atoms with Crippen LogP contribution in [0.25, 0.3) is 0 Å². The molecule has 0 spiro atoms. The van der Waals surface area contributed by atoms with Crippen LogP contribution in [0.3, 0.4) is 0 Å². The third-order valence-corrected chi connectivity index (χ3v) is 3.95. The van der Waals surface area contributed by atoms with Crippen molar-refractivity contribution in [3.05, 3.63) is 0 Å². The van der Waals surface area contributed by atoms with Crippen molar-refractivity contribution in [1.82, 2.24) is 4.72 Å². The van der Waals surface area contributed by atoms with E-state index < -0.39 is 27.3 Å². The van der Waals surface area contributed by atoms with E-state index in [4.69, 9.17) is 10.8 Å². The van der Waals surface area contributed by atoms with Gasteiger partial charge in [0.15, 0.2) is 5.25 Å². The number of sulfonamides is 1. The van der Waals surface area contributed by atoms with Gasteiger partial charge in [-0.2, -0.15) is 0 Å². The van der Waals surface area contributed by atoms with Crippen LogP contribution in [0.2, 0.25) is 0 Å². The molecule has 4 N–H and O–H groups in total. The summed E-state index contributed by atoms with van der Waals surface area (Å²) in [7, 11) is -3.85. The zero-order valence-electron chi connectivity index (χ0n) is 9.10. The monoisotopic (exact) mass is 238 g/mol. The molecule has 0 aliphatic heterocycles. The first-order valence-corrected chi connectivity index (χ1v) is 6.21. The van der Waals surface area contributed by atoms with Crippen molar-refractivity contribution in [3.63, 3.8) is 0 Å². The second kappa shape index (κ2) is 5.43. The number of aliphatic carboxylic acids is 1. The third-order valence-electron chi connectivity index (χ3n) is 2.19. The topological polar surface area (TPSA) is 109 Å². The summed E-state index contributed by atoms with van der Waals surface area (Å²) in [5.74, 6) is -1.35. The smallest absolute Gasteiger partial charge is 0.323 e. The van der Waals surface area contributed by atoms with Crippen molar-refractivity contribution < 1.29 is 18.3 Å². The molecule has 0 heterocycles. The van der Waals surface area contributed by atoms with Gasteiger partial charge in [-0.25, -0.2) is 13.1 Å².